The molecule has 0 atom stereocenters. The Labute approximate surface area is 118 Å². The maximum atomic E-state index is 12.7. The van der Waals surface area contributed by atoms with Gasteiger partial charge in [0.25, 0.3) is 0 Å². The van der Waals surface area contributed by atoms with E-state index >= 15 is 0 Å². The van der Waals surface area contributed by atoms with Gasteiger partial charge in [0, 0.05) is 13.1 Å². The first-order chi connectivity index (χ1) is 9.14. The van der Waals surface area contributed by atoms with Gasteiger partial charge in [-0.3, -0.25) is 0 Å². The first kappa shape index (κ1) is 15.3. The minimum Gasteiger partial charge on any atom is -0.317 e. The fourth-order valence-electron chi connectivity index (χ4n) is 3.32. The summed E-state index contributed by atoms with van der Waals surface area (Å²) < 4.78 is 27.2. The number of nitrogens with one attached hydrogen (secondary N) is 1. The Morgan fingerprint density at radius 2 is 1.74 bits per heavy atom. The molecule has 112 valence electrons. The fourth-order valence-corrected chi connectivity index (χ4v) is 5.53. The van der Waals surface area contributed by atoms with E-state index in [0.29, 0.717) is 12.5 Å². The van der Waals surface area contributed by atoms with Crippen LogP contribution in [0.15, 0.2) is 0 Å². The third kappa shape index (κ3) is 3.92. The van der Waals surface area contributed by atoms with Crippen molar-refractivity contribution in [3.8, 4) is 0 Å². The normalized spacial score (nSPS) is 23.3. The van der Waals surface area contributed by atoms with Crippen molar-refractivity contribution in [1.29, 1.82) is 0 Å². The molecule has 0 spiro atoms. The lowest BCUT2D eigenvalue weighted by Gasteiger charge is -2.31. The Hall–Kier alpha value is -0.130. The Morgan fingerprint density at radius 3 is 2.32 bits per heavy atom. The van der Waals surface area contributed by atoms with E-state index in [0.717, 1.165) is 64.6 Å². The van der Waals surface area contributed by atoms with E-state index in [2.05, 4.69) is 12.2 Å². The molecule has 0 aromatic heterocycles. The second-order valence-electron chi connectivity index (χ2n) is 6.00. The Morgan fingerprint density at radius 1 is 1.11 bits per heavy atom. The van der Waals surface area contributed by atoms with Crippen molar-refractivity contribution >= 4 is 10.0 Å². The van der Waals surface area contributed by atoms with Crippen LogP contribution < -0.4 is 5.32 Å². The summed E-state index contributed by atoms with van der Waals surface area (Å²) in [5.74, 6) is 0.545. The molecule has 4 nitrogen and oxygen atoms in total. The van der Waals surface area contributed by atoms with Gasteiger partial charge in [-0.15, -0.1) is 0 Å². The quantitative estimate of drug-likeness (QED) is 0.813. The lowest BCUT2D eigenvalue weighted by atomic mass is 9.98. The highest BCUT2D eigenvalue weighted by Gasteiger charge is 2.34. The highest BCUT2D eigenvalue weighted by molar-refractivity contribution is 7.89. The average Bonchev–Trinajstić information content (AvgIpc) is 2.94. The van der Waals surface area contributed by atoms with E-state index in [9.17, 15) is 8.42 Å². The van der Waals surface area contributed by atoms with E-state index in [1.807, 2.05) is 0 Å². The average molecular weight is 288 g/mol. The number of sulfonamides is 1. The van der Waals surface area contributed by atoms with Crippen LogP contribution in [-0.4, -0.2) is 44.2 Å². The summed E-state index contributed by atoms with van der Waals surface area (Å²) in [4.78, 5) is 0. The van der Waals surface area contributed by atoms with Crippen molar-refractivity contribution in [2.75, 3.05) is 26.2 Å². The molecule has 1 N–H and O–H groups in total. The van der Waals surface area contributed by atoms with Crippen molar-refractivity contribution in [3.63, 3.8) is 0 Å². The molecule has 1 aliphatic heterocycles. The largest absolute Gasteiger partial charge is 0.317 e. The van der Waals surface area contributed by atoms with Crippen LogP contribution in [0.3, 0.4) is 0 Å². The van der Waals surface area contributed by atoms with E-state index in [-0.39, 0.29) is 5.25 Å². The van der Waals surface area contributed by atoms with Gasteiger partial charge in [-0.05, 0) is 51.1 Å². The molecule has 19 heavy (non-hydrogen) atoms. The second-order valence-corrected chi connectivity index (χ2v) is 8.22. The SMILES string of the molecule is CCCN(CC1CCNCC1)S(=O)(=O)C1CCCC1. The lowest BCUT2D eigenvalue weighted by molar-refractivity contribution is 0.286. The molecule has 1 saturated carbocycles. The summed E-state index contributed by atoms with van der Waals surface area (Å²) in [6, 6.07) is 0. The molecule has 0 aromatic rings. The third-order valence-electron chi connectivity index (χ3n) is 4.48. The van der Waals surface area contributed by atoms with Gasteiger partial charge in [-0.2, -0.15) is 0 Å². The van der Waals surface area contributed by atoms with Crippen molar-refractivity contribution in [2.24, 2.45) is 5.92 Å². The van der Waals surface area contributed by atoms with Crippen LogP contribution in [0, 0.1) is 5.92 Å². The maximum Gasteiger partial charge on any atom is 0.216 e. The summed E-state index contributed by atoms with van der Waals surface area (Å²) in [5, 5.41) is 3.25. The molecule has 1 saturated heterocycles. The third-order valence-corrected chi connectivity index (χ3v) is 6.84. The van der Waals surface area contributed by atoms with Crippen LogP contribution in [0.25, 0.3) is 0 Å². The van der Waals surface area contributed by atoms with Crippen LogP contribution in [0.4, 0.5) is 0 Å². The molecule has 0 amide bonds. The Kier molecular flexibility index (Phi) is 5.66. The summed E-state index contributed by atoms with van der Waals surface area (Å²) in [6.45, 7) is 5.58. The molecule has 1 heterocycles. The van der Waals surface area contributed by atoms with Crippen molar-refractivity contribution < 1.29 is 8.42 Å². The fraction of sp³-hybridized carbons (Fsp3) is 1.00. The molecule has 1 aliphatic carbocycles. The van der Waals surface area contributed by atoms with Gasteiger partial charge in [0.05, 0.1) is 5.25 Å². The minimum atomic E-state index is -3.05. The smallest absolute Gasteiger partial charge is 0.216 e. The topological polar surface area (TPSA) is 49.4 Å². The number of hydrogen-bond donors (Lipinski definition) is 1. The van der Waals surface area contributed by atoms with Crippen molar-refractivity contribution in [3.05, 3.63) is 0 Å². The maximum absolute atomic E-state index is 12.7. The zero-order valence-electron chi connectivity index (χ0n) is 12.1. The predicted molar refractivity (Wildman–Crippen MR) is 78.6 cm³/mol. The zero-order chi connectivity index (χ0) is 13.7. The lowest BCUT2D eigenvalue weighted by Crippen LogP contribution is -2.43. The molecule has 0 unspecified atom stereocenters. The second kappa shape index (κ2) is 7.04. The van der Waals surface area contributed by atoms with Gasteiger partial charge in [0.2, 0.25) is 10.0 Å². The Balaban J connectivity index is 2.00. The summed E-state index contributed by atoms with van der Waals surface area (Å²) >= 11 is 0. The number of nitrogens with zero attached hydrogens (tertiary/aromatic N) is 1. The monoisotopic (exact) mass is 288 g/mol. The first-order valence-corrected chi connectivity index (χ1v) is 9.34. The van der Waals surface area contributed by atoms with E-state index < -0.39 is 10.0 Å². The van der Waals surface area contributed by atoms with Gasteiger partial charge in [0.15, 0.2) is 0 Å². The number of hydrogen-bond acceptors (Lipinski definition) is 3. The molecule has 0 aromatic carbocycles. The van der Waals surface area contributed by atoms with Crippen molar-refractivity contribution in [2.45, 2.75) is 57.1 Å². The first-order valence-electron chi connectivity index (χ1n) is 7.84. The highest BCUT2D eigenvalue weighted by atomic mass is 32.2. The zero-order valence-corrected chi connectivity index (χ0v) is 12.9. The molecular weight excluding hydrogens is 260 g/mol. The molecule has 0 bridgehead atoms. The van der Waals surface area contributed by atoms with Gasteiger partial charge >= 0.3 is 0 Å². The van der Waals surface area contributed by atoms with Gasteiger partial charge in [-0.25, -0.2) is 12.7 Å². The number of piperidine rings is 1. The standard InChI is InChI=1S/C14H28N2O2S/c1-2-11-16(12-13-7-9-15-10-8-13)19(17,18)14-5-3-4-6-14/h13-15H,2-12H2,1H3. The van der Waals surface area contributed by atoms with Crippen LogP contribution in [-0.2, 0) is 10.0 Å². The summed E-state index contributed by atoms with van der Waals surface area (Å²) in [5.41, 5.74) is 0. The van der Waals surface area contributed by atoms with Crippen LogP contribution in [0.1, 0.15) is 51.9 Å². The highest BCUT2D eigenvalue weighted by Crippen LogP contribution is 2.28. The summed E-state index contributed by atoms with van der Waals surface area (Å²) in [7, 11) is -3.05. The molecule has 0 radical (unpaired) electrons. The van der Waals surface area contributed by atoms with E-state index in [4.69, 9.17) is 0 Å². The predicted octanol–water partition coefficient (Wildman–Crippen LogP) is 1.97. The van der Waals surface area contributed by atoms with Gasteiger partial charge in [-0.1, -0.05) is 19.8 Å². The molecule has 2 rings (SSSR count). The number of rotatable bonds is 6. The molecule has 2 aliphatic rings. The van der Waals surface area contributed by atoms with Crippen LogP contribution in [0.5, 0.6) is 0 Å². The van der Waals surface area contributed by atoms with Crippen LogP contribution in [0.2, 0.25) is 0 Å². The van der Waals surface area contributed by atoms with E-state index in [1.54, 1.807) is 4.31 Å². The van der Waals surface area contributed by atoms with Gasteiger partial charge < -0.3 is 5.32 Å². The molecule has 5 heteroatoms. The van der Waals surface area contributed by atoms with Crippen LogP contribution >= 0.6 is 0 Å². The summed E-state index contributed by atoms with van der Waals surface area (Å²) in [6.07, 6.45) is 7.04. The minimum absolute atomic E-state index is 0.0965. The molecular formula is C14H28N2O2S. The Bertz CT molecular complexity index is 358. The van der Waals surface area contributed by atoms with E-state index in [1.165, 1.54) is 0 Å². The van der Waals surface area contributed by atoms with Crippen molar-refractivity contribution in [1.82, 2.24) is 9.62 Å². The molecule has 2 fully saturated rings. The van der Waals surface area contributed by atoms with Gasteiger partial charge in [0.1, 0.15) is 0 Å².